The fourth-order valence-corrected chi connectivity index (χ4v) is 2.10. The average Bonchev–Trinajstić information content (AvgIpc) is 2.71. The minimum Gasteiger partial charge on any atom is -0.306 e. The lowest BCUT2D eigenvalue weighted by Crippen LogP contribution is -2.12. The van der Waals surface area contributed by atoms with Crippen LogP contribution in [0.4, 0.5) is 0 Å². The first-order valence-electron chi connectivity index (χ1n) is 4.68. The van der Waals surface area contributed by atoms with Gasteiger partial charge < -0.3 is 5.32 Å². The molecular formula is C11H11ClN2S. The Morgan fingerprint density at radius 3 is 3.00 bits per heavy atom. The van der Waals surface area contributed by atoms with Crippen molar-refractivity contribution in [1.82, 2.24) is 10.3 Å². The predicted octanol–water partition coefficient (Wildman–Crippen LogP) is 3.09. The van der Waals surface area contributed by atoms with E-state index in [4.69, 9.17) is 11.6 Å². The number of aromatic nitrogens is 1. The molecule has 0 atom stereocenters. The van der Waals surface area contributed by atoms with Crippen LogP contribution in [0.3, 0.4) is 0 Å². The summed E-state index contributed by atoms with van der Waals surface area (Å²) in [7, 11) is 0. The molecule has 2 nitrogen and oxygen atoms in total. The molecule has 0 saturated heterocycles. The van der Waals surface area contributed by atoms with E-state index in [0.717, 1.165) is 23.1 Å². The summed E-state index contributed by atoms with van der Waals surface area (Å²) in [6, 6.07) is 7.87. The van der Waals surface area contributed by atoms with Gasteiger partial charge in [0.1, 0.15) is 5.01 Å². The molecule has 0 fully saturated rings. The highest BCUT2D eigenvalue weighted by Crippen LogP contribution is 2.10. The van der Waals surface area contributed by atoms with Crippen molar-refractivity contribution in [3.8, 4) is 0 Å². The molecular weight excluding hydrogens is 228 g/mol. The van der Waals surface area contributed by atoms with Crippen LogP contribution in [0.2, 0.25) is 5.02 Å². The highest BCUT2D eigenvalue weighted by atomic mass is 35.5. The van der Waals surface area contributed by atoms with Crippen LogP contribution >= 0.6 is 22.9 Å². The van der Waals surface area contributed by atoms with E-state index in [1.165, 1.54) is 5.56 Å². The van der Waals surface area contributed by atoms with Crippen LogP contribution in [0.5, 0.6) is 0 Å². The molecule has 0 aliphatic rings. The molecule has 1 aromatic carbocycles. The van der Waals surface area contributed by atoms with Gasteiger partial charge in [-0.3, -0.25) is 0 Å². The summed E-state index contributed by atoms with van der Waals surface area (Å²) in [5, 5.41) is 7.19. The third kappa shape index (κ3) is 3.30. The number of hydrogen-bond acceptors (Lipinski definition) is 3. The molecule has 4 heteroatoms. The normalized spacial score (nSPS) is 10.5. The zero-order chi connectivity index (χ0) is 10.5. The standard InChI is InChI=1S/C11H11ClN2S/c12-10-3-1-2-9(6-10)7-13-8-11-14-4-5-15-11/h1-6,13H,7-8H2. The average molecular weight is 239 g/mol. The molecule has 2 aromatic rings. The van der Waals surface area contributed by atoms with E-state index in [1.807, 2.05) is 29.8 Å². The van der Waals surface area contributed by atoms with Gasteiger partial charge in [0.05, 0.1) is 0 Å². The van der Waals surface area contributed by atoms with E-state index in [-0.39, 0.29) is 0 Å². The maximum atomic E-state index is 5.89. The van der Waals surface area contributed by atoms with E-state index in [2.05, 4.69) is 16.4 Å². The van der Waals surface area contributed by atoms with Crippen LogP contribution in [0.25, 0.3) is 0 Å². The monoisotopic (exact) mass is 238 g/mol. The van der Waals surface area contributed by atoms with E-state index >= 15 is 0 Å². The summed E-state index contributed by atoms with van der Waals surface area (Å²) in [6.07, 6.45) is 1.82. The van der Waals surface area contributed by atoms with E-state index < -0.39 is 0 Å². The Kier molecular flexibility index (Phi) is 3.72. The van der Waals surface area contributed by atoms with Crippen LogP contribution < -0.4 is 5.32 Å². The number of rotatable bonds is 4. The molecule has 15 heavy (non-hydrogen) atoms. The highest BCUT2D eigenvalue weighted by Gasteiger charge is 1.96. The van der Waals surface area contributed by atoms with Crippen molar-refractivity contribution < 1.29 is 0 Å². The Labute approximate surface area is 97.9 Å². The van der Waals surface area contributed by atoms with Gasteiger partial charge in [-0.1, -0.05) is 23.7 Å². The molecule has 78 valence electrons. The third-order valence-electron chi connectivity index (χ3n) is 1.98. The molecule has 0 aliphatic heterocycles. The third-order valence-corrected chi connectivity index (χ3v) is 2.99. The van der Waals surface area contributed by atoms with E-state index in [1.54, 1.807) is 11.3 Å². The van der Waals surface area contributed by atoms with Gasteiger partial charge in [-0.25, -0.2) is 4.98 Å². The second kappa shape index (κ2) is 5.26. The predicted molar refractivity (Wildman–Crippen MR) is 64.1 cm³/mol. The molecule has 0 spiro atoms. The van der Waals surface area contributed by atoms with Gasteiger partial charge in [-0.15, -0.1) is 11.3 Å². The Morgan fingerprint density at radius 1 is 1.33 bits per heavy atom. The molecule has 0 amide bonds. The number of benzene rings is 1. The van der Waals surface area contributed by atoms with Crippen molar-refractivity contribution in [1.29, 1.82) is 0 Å². The fourth-order valence-electron chi connectivity index (χ4n) is 1.30. The summed E-state index contributed by atoms with van der Waals surface area (Å²) >= 11 is 7.55. The van der Waals surface area contributed by atoms with Gasteiger partial charge in [-0.05, 0) is 17.7 Å². The number of nitrogens with one attached hydrogen (secondary N) is 1. The maximum Gasteiger partial charge on any atom is 0.106 e. The van der Waals surface area contributed by atoms with Crippen molar-refractivity contribution in [3.63, 3.8) is 0 Å². The van der Waals surface area contributed by atoms with E-state index in [9.17, 15) is 0 Å². The molecule has 0 saturated carbocycles. The molecule has 0 aliphatic carbocycles. The van der Waals surface area contributed by atoms with Crippen molar-refractivity contribution in [2.45, 2.75) is 13.1 Å². The summed E-state index contributed by atoms with van der Waals surface area (Å²) in [5.74, 6) is 0. The number of halogens is 1. The largest absolute Gasteiger partial charge is 0.306 e. The van der Waals surface area contributed by atoms with Gasteiger partial charge in [0.25, 0.3) is 0 Å². The van der Waals surface area contributed by atoms with Gasteiger partial charge in [0.15, 0.2) is 0 Å². The van der Waals surface area contributed by atoms with E-state index in [0.29, 0.717) is 0 Å². The number of thiazole rings is 1. The summed E-state index contributed by atoms with van der Waals surface area (Å²) in [6.45, 7) is 1.63. The number of hydrogen-bond donors (Lipinski definition) is 1. The van der Waals surface area contributed by atoms with Crippen LogP contribution in [0.15, 0.2) is 35.8 Å². The van der Waals surface area contributed by atoms with Gasteiger partial charge in [0.2, 0.25) is 0 Å². The molecule has 0 radical (unpaired) electrons. The summed E-state index contributed by atoms with van der Waals surface area (Å²) < 4.78 is 0. The van der Waals surface area contributed by atoms with Crippen molar-refractivity contribution in [2.75, 3.05) is 0 Å². The first-order valence-corrected chi connectivity index (χ1v) is 5.94. The van der Waals surface area contributed by atoms with Crippen molar-refractivity contribution >= 4 is 22.9 Å². The van der Waals surface area contributed by atoms with Crippen LogP contribution in [-0.2, 0) is 13.1 Å². The Hall–Kier alpha value is -0.900. The zero-order valence-electron chi connectivity index (χ0n) is 8.11. The first-order chi connectivity index (χ1) is 7.34. The topological polar surface area (TPSA) is 24.9 Å². The Morgan fingerprint density at radius 2 is 2.27 bits per heavy atom. The second-order valence-corrected chi connectivity index (χ2v) is 4.57. The number of nitrogens with zero attached hydrogens (tertiary/aromatic N) is 1. The molecule has 0 unspecified atom stereocenters. The molecule has 2 rings (SSSR count). The van der Waals surface area contributed by atoms with Crippen molar-refractivity contribution in [2.24, 2.45) is 0 Å². The van der Waals surface area contributed by atoms with Gasteiger partial charge >= 0.3 is 0 Å². The van der Waals surface area contributed by atoms with Gasteiger partial charge in [0, 0.05) is 29.7 Å². The molecule has 1 aromatic heterocycles. The maximum absolute atomic E-state index is 5.89. The lowest BCUT2D eigenvalue weighted by molar-refractivity contribution is 0.690. The lowest BCUT2D eigenvalue weighted by Gasteiger charge is -2.02. The summed E-state index contributed by atoms with van der Waals surface area (Å²) in [5.41, 5.74) is 1.19. The SMILES string of the molecule is Clc1cccc(CNCc2nccs2)c1. The zero-order valence-corrected chi connectivity index (χ0v) is 9.68. The van der Waals surface area contributed by atoms with Crippen LogP contribution in [-0.4, -0.2) is 4.98 Å². The van der Waals surface area contributed by atoms with Crippen LogP contribution in [0, 0.1) is 0 Å². The summed E-state index contributed by atoms with van der Waals surface area (Å²) in [4.78, 5) is 4.19. The molecule has 1 N–H and O–H groups in total. The lowest BCUT2D eigenvalue weighted by atomic mass is 10.2. The second-order valence-electron chi connectivity index (χ2n) is 3.16. The van der Waals surface area contributed by atoms with Crippen LogP contribution in [0.1, 0.15) is 10.6 Å². The first kappa shape index (κ1) is 10.6. The Balaban J connectivity index is 1.83. The quantitative estimate of drug-likeness (QED) is 0.886. The highest BCUT2D eigenvalue weighted by molar-refractivity contribution is 7.09. The minimum atomic E-state index is 0.781. The minimum absolute atomic E-state index is 0.781. The smallest absolute Gasteiger partial charge is 0.106 e. The fraction of sp³-hybridized carbons (Fsp3) is 0.182. The van der Waals surface area contributed by atoms with Gasteiger partial charge in [-0.2, -0.15) is 0 Å². The molecule has 0 bridgehead atoms. The molecule has 1 heterocycles. The Bertz CT molecular complexity index is 414. The van der Waals surface area contributed by atoms with Crippen molar-refractivity contribution in [3.05, 3.63) is 51.4 Å².